The van der Waals surface area contributed by atoms with Gasteiger partial charge >= 0.3 is 11.9 Å². The van der Waals surface area contributed by atoms with Crippen molar-refractivity contribution in [1.29, 1.82) is 0 Å². The first kappa shape index (κ1) is 24.5. The van der Waals surface area contributed by atoms with Crippen LogP contribution in [0.4, 0.5) is 8.78 Å². The molecule has 1 aliphatic rings. The Morgan fingerprint density at radius 2 is 1.94 bits per heavy atom. The average molecular weight is 433 g/mol. The van der Waals surface area contributed by atoms with Crippen LogP contribution in [0.3, 0.4) is 0 Å². The van der Waals surface area contributed by atoms with E-state index in [1.807, 2.05) is 30.3 Å². The molecular formula is C24H29F2NO4. The molecule has 7 heteroatoms. The molecule has 0 spiro atoms. The lowest BCUT2D eigenvalue weighted by Gasteiger charge is -2.22. The molecule has 2 atom stereocenters. The van der Waals surface area contributed by atoms with E-state index >= 15 is 0 Å². The zero-order valence-electron chi connectivity index (χ0n) is 17.5. The number of carbonyl (C=O) groups is 2. The Morgan fingerprint density at radius 1 is 1.23 bits per heavy atom. The third-order valence-electron chi connectivity index (χ3n) is 5.11. The van der Waals surface area contributed by atoms with Crippen LogP contribution < -0.4 is 0 Å². The number of carboxylic acids is 1. The van der Waals surface area contributed by atoms with E-state index in [2.05, 4.69) is 11.8 Å². The van der Waals surface area contributed by atoms with Crippen LogP contribution in [-0.2, 0) is 9.59 Å². The highest BCUT2D eigenvalue weighted by atomic mass is 19.3. The van der Waals surface area contributed by atoms with Gasteiger partial charge in [-0.05, 0) is 31.4 Å². The fraction of sp³-hybridized carbons (Fsp3) is 0.500. The molecule has 1 heterocycles. The fourth-order valence-electron chi connectivity index (χ4n) is 3.43. The minimum Gasteiger partial charge on any atom is -0.481 e. The lowest BCUT2D eigenvalue weighted by Crippen LogP contribution is -2.36. The average Bonchev–Trinajstić information content (AvgIpc) is 2.95. The molecule has 1 unspecified atom stereocenters. The molecule has 2 N–H and O–H groups in total. The monoisotopic (exact) mass is 433 g/mol. The number of nitrogens with zero attached hydrogens (tertiary/aromatic N) is 1. The van der Waals surface area contributed by atoms with Gasteiger partial charge in [-0.25, -0.2) is 0 Å². The van der Waals surface area contributed by atoms with E-state index in [0.717, 1.165) is 10.5 Å². The lowest BCUT2D eigenvalue weighted by molar-refractivity contribution is -0.148. The van der Waals surface area contributed by atoms with Gasteiger partial charge in [0.25, 0.3) is 5.91 Å². The molecule has 2 rings (SSSR count). The lowest BCUT2D eigenvalue weighted by atomic mass is 10.1. The highest BCUT2D eigenvalue weighted by Gasteiger charge is 2.52. The van der Waals surface area contributed by atoms with Gasteiger partial charge in [-0.1, -0.05) is 55.0 Å². The first-order chi connectivity index (χ1) is 14.8. The Morgan fingerprint density at radius 3 is 2.65 bits per heavy atom. The number of benzene rings is 1. The smallest absolute Gasteiger partial charge is 0.327 e. The number of carboxylic acid groups (broad SMARTS) is 1. The van der Waals surface area contributed by atoms with Crippen molar-refractivity contribution in [1.82, 2.24) is 4.90 Å². The molecule has 0 saturated carbocycles. The topological polar surface area (TPSA) is 77.8 Å². The minimum atomic E-state index is -3.40. The van der Waals surface area contributed by atoms with E-state index in [4.69, 9.17) is 5.11 Å². The van der Waals surface area contributed by atoms with Gasteiger partial charge in [0.15, 0.2) is 0 Å². The molecule has 1 fully saturated rings. The van der Waals surface area contributed by atoms with Crippen LogP contribution in [0.25, 0.3) is 0 Å². The number of aliphatic carboxylic acids is 1. The third-order valence-corrected chi connectivity index (χ3v) is 5.11. The molecule has 0 aliphatic carbocycles. The SMILES string of the molecule is O=C(O)CCCCCCN1C(=O)C(F)(F)C[C@@H]1C=CC(O)CCC#Cc1ccccc1. The van der Waals surface area contributed by atoms with E-state index in [1.54, 1.807) is 0 Å². The van der Waals surface area contributed by atoms with Gasteiger partial charge in [-0.2, -0.15) is 8.78 Å². The Balaban J connectivity index is 1.80. The maximum atomic E-state index is 13.9. The van der Waals surface area contributed by atoms with Gasteiger partial charge in [0.1, 0.15) is 0 Å². The molecule has 1 aromatic carbocycles. The summed E-state index contributed by atoms with van der Waals surface area (Å²) in [5, 5.41) is 18.7. The van der Waals surface area contributed by atoms with Gasteiger partial charge < -0.3 is 15.1 Å². The summed E-state index contributed by atoms with van der Waals surface area (Å²) in [6.45, 7) is 0.190. The Hall–Kier alpha value is -2.72. The Kier molecular flexibility index (Phi) is 9.67. The number of carbonyl (C=O) groups excluding carboxylic acids is 1. The Bertz CT molecular complexity index is 814. The van der Waals surface area contributed by atoms with E-state index in [0.29, 0.717) is 38.5 Å². The molecule has 1 saturated heterocycles. The molecule has 0 bridgehead atoms. The second-order valence-corrected chi connectivity index (χ2v) is 7.69. The van der Waals surface area contributed by atoms with Crippen molar-refractivity contribution in [2.45, 2.75) is 69.4 Å². The predicted molar refractivity (Wildman–Crippen MR) is 113 cm³/mol. The minimum absolute atomic E-state index is 0.0830. The second-order valence-electron chi connectivity index (χ2n) is 7.69. The van der Waals surface area contributed by atoms with Crippen LogP contribution in [-0.4, -0.2) is 51.6 Å². The van der Waals surface area contributed by atoms with Gasteiger partial charge in [0, 0.05) is 31.4 Å². The Labute approximate surface area is 181 Å². The van der Waals surface area contributed by atoms with Crippen molar-refractivity contribution < 1.29 is 28.6 Å². The maximum Gasteiger partial charge on any atom is 0.327 e. The highest BCUT2D eigenvalue weighted by Crippen LogP contribution is 2.34. The summed E-state index contributed by atoms with van der Waals surface area (Å²) >= 11 is 0. The van der Waals surface area contributed by atoms with Crippen LogP contribution in [0.2, 0.25) is 0 Å². The highest BCUT2D eigenvalue weighted by molar-refractivity contribution is 5.86. The van der Waals surface area contributed by atoms with Crippen LogP contribution in [0.5, 0.6) is 0 Å². The molecule has 31 heavy (non-hydrogen) atoms. The van der Waals surface area contributed by atoms with Gasteiger partial charge in [0.2, 0.25) is 0 Å². The number of rotatable bonds is 11. The quantitative estimate of drug-likeness (QED) is 0.314. The molecule has 1 amide bonds. The summed E-state index contributed by atoms with van der Waals surface area (Å²) < 4.78 is 27.8. The van der Waals surface area contributed by atoms with Crippen molar-refractivity contribution in [3.63, 3.8) is 0 Å². The molecule has 168 valence electrons. The molecule has 0 aromatic heterocycles. The van der Waals surface area contributed by atoms with Gasteiger partial charge in [-0.3, -0.25) is 9.59 Å². The summed E-state index contributed by atoms with van der Waals surface area (Å²) in [7, 11) is 0. The third kappa shape index (κ3) is 8.50. The first-order valence-electron chi connectivity index (χ1n) is 10.6. The molecule has 1 aliphatic heterocycles. The van der Waals surface area contributed by atoms with Crippen molar-refractivity contribution in [2.75, 3.05) is 6.54 Å². The number of hydrogen-bond acceptors (Lipinski definition) is 3. The number of aliphatic hydroxyl groups is 1. The number of likely N-dealkylation sites (tertiary alicyclic amines) is 1. The van der Waals surface area contributed by atoms with E-state index in [-0.39, 0.29) is 13.0 Å². The number of amides is 1. The van der Waals surface area contributed by atoms with Crippen molar-refractivity contribution >= 4 is 11.9 Å². The number of alkyl halides is 2. The van der Waals surface area contributed by atoms with Crippen LogP contribution in [0.1, 0.15) is 56.9 Å². The fourth-order valence-corrected chi connectivity index (χ4v) is 3.43. The standard InChI is InChI=1S/C24H29F2NO4/c25-24(26)18-20(27(23(24)31)17-9-2-1-6-14-22(29)30)15-16-21(28)13-8-7-12-19-10-4-3-5-11-19/h3-5,10-11,15-16,20-21,28H,1-2,6,8-9,13-14,17-18H2,(H,29,30)/t20-,21?/m0/s1. The van der Waals surface area contributed by atoms with E-state index in [1.165, 1.54) is 12.2 Å². The predicted octanol–water partition coefficient (Wildman–Crippen LogP) is 4.01. The zero-order chi connectivity index (χ0) is 22.7. The zero-order valence-corrected chi connectivity index (χ0v) is 17.5. The number of aliphatic hydroxyl groups excluding tert-OH is 1. The number of halogens is 2. The summed E-state index contributed by atoms with van der Waals surface area (Å²) in [5.74, 6) is 0.531. The van der Waals surface area contributed by atoms with E-state index < -0.39 is 36.4 Å². The summed E-state index contributed by atoms with van der Waals surface area (Å²) in [4.78, 5) is 23.7. The maximum absolute atomic E-state index is 13.9. The van der Waals surface area contributed by atoms with Crippen molar-refractivity contribution in [3.8, 4) is 11.8 Å². The van der Waals surface area contributed by atoms with Crippen LogP contribution >= 0.6 is 0 Å². The van der Waals surface area contributed by atoms with Crippen LogP contribution in [0, 0.1) is 11.8 Å². The molecule has 5 nitrogen and oxygen atoms in total. The van der Waals surface area contributed by atoms with Gasteiger partial charge in [0.05, 0.1) is 12.1 Å². The van der Waals surface area contributed by atoms with Gasteiger partial charge in [-0.15, -0.1) is 0 Å². The number of hydrogen-bond donors (Lipinski definition) is 2. The summed E-state index contributed by atoms with van der Waals surface area (Å²) in [6.07, 6.45) is 4.84. The van der Waals surface area contributed by atoms with Crippen molar-refractivity contribution in [3.05, 3.63) is 48.0 Å². The van der Waals surface area contributed by atoms with Crippen LogP contribution in [0.15, 0.2) is 42.5 Å². The summed E-state index contributed by atoms with van der Waals surface area (Å²) in [5.41, 5.74) is 0.887. The molecular weight excluding hydrogens is 404 g/mol. The molecule has 1 aromatic rings. The molecule has 0 radical (unpaired) electrons. The largest absolute Gasteiger partial charge is 0.481 e. The van der Waals surface area contributed by atoms with E-state index in [9.17, 15) is 23.5 Å². The normalized spacial score (nSPS) is 18.7. The van der Waals surface area contributed by atoms with Crippen molar-refractivity contribution in [2.24, 2.45) is 0 Å². The number of unbranched alkanes of at least 4 members (excludes halogenated alkanes) is 3. The first-order valence-corrected chi connectivity index (χ1v) is 10.6. The summed E-state index contributed by atoms with van der Waals surface area (Å²) in [6, 6.07) is 8.71. The second kappa shape index (κ2) is 12.2.